The lowest BCUT2D eigenvalue weighted by molar-refractivity contribution is -0.0152. The van der Waals surface area contributed by atoms with Crippen LogP contribution >= 0.6 is 11.3 Å². The molecule has 3 aromatic rings. The third-order valence-electron chi connectivity index (χ3n) is 5.07. The summed E-state index contributed by atoms with van der Waals surface area (Å²) < 4.78 is 19.0. The Hall–Kier alpha value is -2.85. The Balaban J connectivity index is 1.39. The molecule has 152 valence electrons. The Morgan fingerprint density at radius 3 is 2.86 bits per heavy atom. The zero-order valence-electron chi connectivity index (χ0n) is 16.1. The number of nitrogens with one attached hydrogen (secondary N) is 2. The lowest BCUT2D eigenvalue weighted by atomic mass is 9.97. The summed E-state index contributed by atoms with van der Waals surface area (Å²) >= 11 is 1.29. The van der Waals surface area contributed by atoms with Crippen LogP contribution in [-0.2, 0) is 4.74 Å². The van der Waals surface area contributed by atoms with Crippen LogP contribution in [0.25, 0.3) is 10.6 Å². The largest absolute Gasteiger partial charge is 0.373 e. The molecule has 0 radical (unpaired) electrons. The molecule has 2 unspecified atom stereocenters. The Morgan fingerprint density at radius 1 is 1.34 bits per heavy atom. The molecule has 4 rings (SSSR count). The van der Waals surface area contributed by atoms with Crippen LogP contribution in [0.15, 0.2) is 30.5 Å². The number of hydrogen-bond donors (Lipinski definition) is 2. The van der Waals surface area contributed by atoms with Crippen molar-refractivity contribution in [2.24, 2.45) is 0 Å². The number of halogens is 1. The Bertz CT molecular complexity index is 989. The minimum atomic E-state index is -0.278. The molecule has 2 atom stereocenters. The van der Waals surface area contributed by atoms with Gasteiger partial charge in [-0.25, -0.2) is 9.18 Å². The minimum absolute atomic E-state index is 0.00214. The number of aromatic nitrogens is 4. The molecule has 1 fully saturated rings. The predicted octanol–water partition coefficient (Wildman–Crippen LogP) is 3.76. The van der Waals surface area contributed by atoms with E-state index in [1.807, 2.05) is 6.92 Å². The van der Waals surface area contributed by atoms with E-state index >= 15 is 0 Å². The van der Waals surface area contributed by atoms with Gasteiger partial charge in [0.05, 0.1) is 17.9 Å². The van der Waals surface area contributed by atoms with Gasteiger partial charge in [0.1, 0.15) is 5.82 Å². The average Bonchev–Trinajstić information content (AvgIpc) is 3.36. The Kier molecular flexibility index (Phi) is 5.54. The van der Waals surface area contributed by atoms with Crippen molar-refractivity contribution in [3.8, 4) is 10.6 Å². The topological polar surface area (TPSA) is 96.0 Å². The first-order valence-corrected chi connectivity index (χ1v) is 10.1. The van der Waals surface area contributed by atoms with E-state index in [9.17, 15) is 9.18 Å². The van der Waals surface area contributed by atoms with E-state index in [0.29, 0.717) is 23.2 Å². The molecule has 3 heterocycles. The molecule has 8 nitrogen and oxygen atoms in total. The molecule has 0 saturated carbocycles. The zero-order chi connectivity index (χ0) is 20.4. The molecule has 10 heteroatoms. The summed E-state index contributed by atoms with van der Waals surface area (Å²) in [4.78, 5) is 14.4. The van der Waals surface area contributed by atoms with E-state index in [1.54, 1.807) is 30.3 Å². The summed E-state index contributed by atoms with van der Waals surface area (Å²) in [6.07, 6.45) is 2.90. The Morgan fingerprint density at radius 2 is 2.14 bits per heavy atom. The number of ether oxygens (including phenoxy) is 1. The van der Waals surface area contributed by atoms with Crippen LogP contribution in [-0.4, -0.2) is 51.0 Å². The van der Waals surface area contributed by atoms with Crippen LogP contribution in [0.4, 0.5) is 14.3 Å². The van der Waals surface area contributed by atoms with Crippen LogP contribution in [0, 0.1) is 12.7 Å². The quantitative estimate of drug-likeness (QED) is 0.675. The summed E-state index contributed by atoms with van der Waals surface area (Å²) in [5.74, 6) is -0.278. The van der Waals surface area contributed by atoms with Crippen molar-refractivity contribution >= 4 is 22.5 Å². The van der Waals surface area contributed by atoms with E-state index in [-0.39, 0.29) is 24.0 Å². The van der Waals surface area contributed by atoms with Crippen molar-refractivity contribution in [2.75, 3.05) is 19.0 Å². The maximum atomic E-state index is 13.2. The van der Waals surface area contributed by atoms with Gasteiger partial charge in [-0.1, -0.05) is 23.5 Å². The number of amides is 2. The van der Waals surface area contributed by atoms with Crippen LogP contribution in [0.3, 0.4) is 0 Å². The third kappa shape index (κ3) is 4.28. The molecule has 0 spiro atoms. The second-order valence-electron chi connectivity index (χ2n) is 6.95. The maximum Gasteiger partial charge on any atom is 0.323 e. The number of aryl methyl sites for hydroxylation is 1. The molecule has 2 amide bonds. The summed E-state index contributed by atoms with van der Waals surface area (Å²) in [7, 11) is 1.76. The lowest BCUT2D eigenvalue weighted by Gasteiger charge is -2.35. The number of carbonyl (C=O) groups excluding carboxylic acids is 1. The van der Waals surface area contributed by atoms with Crippen molar-refractivity contribution in [1.82, 2.24) is 25.3 Å². The highest BCUT2D eigenvalue weighted by Gasteiger charge is 2.29. The van der Waals surface area contributed by atoms with Gasteiger partial charge in [0, 0.05) is 25.4 Å². The van der Waals surface area contributed by atoms with Crippen LogP contribution < -0.4 is 5.32 Å². The first kappa shape index (κ1) is 19.5. The first-order chi connectivity index (χ1) is 14.0. The van der Waals surface area contributed by atoms with E-state index < -0.39 is 0 Å². The van der Waals surface area contributed by atoms with Gasteiger partial charge in [0.15, 0.2) is 5.01 Å². The highest BCUT2D eigenvalue weighted by molar-refractivity contribution is 7.18. The monoisotopic (exact) mass is 416 g/mol. The smallest absolute Gasteiger partial charge is 0.323 e. The molecule has 1 saturated heterocycles. The highest BCUT2D eigenvalue weighted by atomic mass is 32.1. The molecule has 1 aliphatic rings. The van der Waals surface area contributed by atoms with Crippen molar-refractivity contribution in [1.29, 1.82) is 0 Å². The van der Waals surface area contributed by atoms with Gasteiger partial charge in [0.2, 0.25) is 5.13 Å². The van der Waals surface area contributed by atoms with E-state index in [1.165, 1.54) is 23.5 Å². The van der Waals surface area contributed by atoms with Gasteiger partial charge >= 0.3 is 6.03 Å². The molecular formula is C19H21FN6O2S. The fourth-order valence-corrected chi connectivity index (χ4v) is 4.14. The second kappa shape index (κ2) is 8.26. The maximum absolute atomic E-state index is 13.2. The number of hydrogen-bond acceptors (Lipinski definition) is 6. The summed E-state index contributed by atoms with van der Waals surface area (Å²) in [6.45, 7) is 2.44. The Labute approximate surface area is 171 Å². The van der Waals surface area contributed by atoms with Crippen molar-refractivity contribution < 1.29 is 13.9 Å². The van der Waals surface area contributed by atoms with Gasteiger partial charge in [-0.15, -0.1) is 10.2 Å². The second-order valence-corrected chi connectivity index (χ2v) is 7.93. The van der Waals surface area contributed by atoms with Crippen LogP contribution in [0.5, 0.6) is 0 Å². The fraction of sp³-hybridized carbons (Fsp3) is 0.368. The number of benzene rings is 1. The molecule has 2 aromatic heterocycles. The van der Waals surface area contributed by atoms with Gasteiger partial charge in [-0.05, 0) is 37.5 Å². The number of nitrogens with zero attached hydrogens (tertiary/aromatic N) is 4. The first-order valence-electron chi connectivity index (χ1n) is 9.26. The van der Waals surface area contributed by atoms with E-state index in [2.05, 4.69) is 25.7 Å². The molecule has 2 N–H and O–H groups in total. The van der Waals surface area contributed by atoms with Gasteiger partial charge in [0.25, 0.3) is 0 Å². The number of H-pyrrole nitrogens is 1. The molecule has 29 heavy (non-hydrogen) atoms. The normalized spacial score (nSPS) is 19.1. The summed E-state index contributed by atoms with van der Waals surface area (Å²) in [6, 6.07) is 6.05. The summed E-state index contributed by atoms with van der Waals surface area (Å²) in [5.41, 5.74) is 2.67. The average molecular weight is 416 g/mol. The number of aromatic amines is 1. The number of urea groups is 1. The SMILES string of the molecule is Cc1[nH]ncc1-c1nnc(NC(=O)N(C)C2CCOC(c3ccc(F)cc3)C2)s1. The predicted molar refractivity (Wildman–Crippen MR) is 107 cm³/mol. The highest BCUT2D eigenvalue weighted by Crippen LogP contribution is 2.31. The van der Waals surface area contributed by atoms with Crippen molar-refractivity contribution in [3.63, 3.8) is 0 Å². The van der Waals surface area contributed by atoms with Crippen molar-refractivity contribution in [3.05, 3.63) is 47.5 Å². The van der Waals surface area contributed by atoms with Gasteiger partial charge < -0.3 is 9.64 Å². The van der Waals surface area contributed by atoms with Gasteiger partial charge in [-0.3, -0.25) is 10.4 Å². The molecular weight excluding hydrogens is 395 g/mol. The fourth-order valence-electron chi connectivity index (χ4n) is 3.34. The summed E-state index contributed by atoms with van der Waals surface area (Å²) in [5, 5.41) is 19.0. The van der Waals surface area contributed by atoms with E-state index in [4.69, 9.17) is 4.74 Å². The van der Waals surface area contributed by atoms with Crippen LogP contribution in [0.2, 0.25) is 0 Å². The van der Waals surface area contributed by atoms with E-state index in [0.717, 1.165) is 23.2 Å². The number of anilines is 1. The zero-order valence-corrected chi connectivity index (χ0v) is 16.9. The molecule has 1 aliphatic heterocycles. The number of carbonyl (C=O) groups is 1. The van der Waals surface area contributed by atoms with Crippen LogP contribution in [0.1, 0.15) is 30.2 Å². The minimum Gasteiger partial charge on any atom is -0.373 e. The van der Waals surface area contributed by atoms with Gasteiger partial charge in [-0.2, -0.15) is 5.10 Å². The van der Waals surface area contributed by atoms with Crippen molar-refractivity contribution in [2.45, 2.75) is 31.9 Å². The lowest BCUT2D eigenvalue weighted by Crippen LogP contribution is -2.43. The third-order valence-corrected chi connectivity index (χ3v) is 5.94. The standard InChI is InChI=1S/C19H21FN6O2S/c1-11-15(10-21-23-11)17-24-25-18(29-17)22-19(27)26(2)14-7-8-28-16(9-14)12-3-5-13(20)6-4-12/h3-6,10,14,16H,7-9H2,1-2H3,(H,21,23)(H,22,25,27). The molecule has 1 aromatic carbocycles. The molecule has 0 aliphatic carbocycles. The molecule has 0 bridgehead atoms. The number of rotatable bonds is 4.